The van der Waals surface area contributed by atoms with E-state index in [9.17, 15) is 0 Å². The van der Waals surface area contributed by atoms with Crippen molar-refractivity contribution in [1.82, 2.24) is 9.88 Å². The topological polar surface area (TPSA) is 16.1 Å². The molecule has 0 atom stereocenters. The zero-order chi connectivity index (χ0) is 11.8. The number of halogens is 1. The van der Waals surface area contributed by atoms with E-state index in [0.717, 1.165) is 25.0 Å². The third kappa shape index (κ3) is 1.81. The molecule has 3 rings (SSSR count). The van der Waals surface area contributed by atoms with E-state index in [1.54, 1.807) is 0 Å². The first-order valence-corrected chi connectivity index (χ1v) is 6.47. The van der Waals surface area contributed by atoms with E-state index in [1.807, 2.05) is 6.07 Å². The molecule has 0 radical (unpaired) electrons. The normalized spacial score (nSPS) is 16.1. The second-order valence-corrected chi connectivity index (χ2v) is 4.92. The summed E-state index contributed by atoms with van der Waals surface area (Å²) in [6.45, 7) is 2.05. The van der Waals surface area contributed by atoms with Gasteiger partial charge in [0.05, 0.1) is 5.52 Å². The summed E-state index contributed by atoms with van der Waals surface area (Å²) >= 11 is 6.14. The van der Waals surface area contributed by atoms with Crippen molar-refractivity contribution in [3.05, 3.63) is 41.1 Å². The Kier molecular flexibility index (Phi) is 2.77. The van der Waals surface area contributed by atoms with Gasteiger partial charge < -0.3 is 4.90 Å². The van der Waals surface area contributed by atoms with E-state index < -0.39 is 0 Å². The molecule has 0 saturated heterocycles. The van der Waals surface area contributed by atoms with E-state index in [-0.39, 0.29) is 0 Å². The van der Waals surface area contributed by atoms with Gasteiger partial charge in [-0.1, -0.05) is 18.2 Å². The highest BCUT2D eigenvalue weighted by atomic mass is 35.5. The van der Waals surface area contributed by atoms with Crippen LogP contribution in [0.25, 0.3) is 10.9 Å². The molecule has 0 spiro atoms. The SMILES string of the molecule is CN1CCc2nc3ccccc3c(CCl)c2C1. The number of hydrogen-bond acceptors (Lipinski definition) is 2. The zero-order valence-corrected chi connectivity index (χ0v) is 10.7. The Bertz CT molecular complexity index is 565. The van der Waals surface area contributed by atoms with E-state index in [1.165, 1.54) is 22.2 Å². The predicted molar refractivity (Wildman–Crippen MR) is 71.3 cm³/mol. The number of nitrogens with zero attached hydrogens (tertiary/aromatic N) is 2. The minimum atomic E-state index is 0.569. The molecule has 2 aromatic rings. The van der Waals surface area contributed by atoms with Crippen LogP contribution in [0.15, 0.2) is 24.3 Å². The van der Waals surface area contributed by atoms with Gasteiger partial charge in [-0.05, 0) is 24.2 Å². The van der Waals surface area contributed by atoms with Gasteiger partial charge in [-0.15, -0.1) is 11.6 Å². The molecule has 1 aromatic heterocycles. The summed E-state index contributed by atoms with van der Waals surface area (Å²) in [5.74, 6) is 0.569. The van der Waals surface area contributed by atoms with Crippen molar-refractivity contribution in [1.29, 1.82) is 0 Å². The van der Waals surface area contributed by atoms with Crippen LogP contribution >= 0.6 is 11.6 Å². The molecule has 3 heteroatoms. The monoisotopic (exact) mass is 246 g/mol. The van der Waals surface area contributed by atoms with Crippen LogP contribution in [0.4, 0.5) is 0 Å². The average Bonchev–Trinajstić information content (AvgIpc) is 2.36. The molecule has 88 valence electrons. The quantitative estimate of drug-likeness (QED) is 0.720. The maximum Gasteiger partial charge on any atom is 0.0708 e. The molecular weight excluding hydrogens is 232 g/mol. The number of aromatic nitrogens is 1. The van der Waals surface area contributed by atoms with E-state index in [0.29, 0.717) is 5.88 Å². The third-order valence-electron chi connectivity index (χ3n) is 3.49. The van der Waals surface area contributed by atoms with Crippen LogP contribution in [0, 0.1) is 0 Å². The van der Waals surface area contributed by atoms with E-state index >= 15 is 0 Å². The Balaban J connectivity index is 2.30. The maximum atomic E-state index is 6.14. The largest absolute Gasteiger partial charge is 0.302 e. The smallest absolute Gasteiger partial charge is 0.0708 e. The van der Waals surface area contributed by atoms with Crippen molar-refractivity contribution >= 4 is 22.5 Å². The average molecular weight is 247 g/mol. The molecule has 0 saturated carbocycles. The van der Waals surface area contributed by atoms with Gasteiger partial charge in [0.2, 0.25) is 0 Å². The number of benzene rings is 1. The highest BCUT2D eigenvalue weighted by Gasteiger charge is 2.19. The van der Waals surface area contributed by atoms with Crippen LogP contribution in [-0.2, 0) is 18.8 Å². The summed E-state index contributed by atoms with van der Waals surface area (Å²) in [5.41, 5.74) is 4.91. The summed E-state index contributed by atoms with van der Waals surface area (Å²) in [6.07, 6.45) is 1.03. The van der Waals surface area contributed by atoms with Gasteiger partial charge in [0.15, 0.2) is 0 Å². The Hall–Kier alpha value is -1.12. The fraction of sp³-hybridized carbons (Fsp3) is 0.357. The molecule has 0 fully saturated rings. The number of fused-ring (bicyclic) bond motifs is 2. The first kappa shape index (κ1) is 11.0. The van der Waals surface area contributed by atoms with Gasteiger partial charge >= 0.3 is 0 Å². The van der Waals surface area contributed by atoms with Crippen LogP contribution in [0.3, 0.4) is 0 Å². The summed E-state index contributed by atoms with van der Waals surface area (Å²) in [5, 5.41) is 1.21. The number of hydrogen-bond donors (Lipinski definition) is 0. The number of alkyl halides is 1. The lowest BCUT2D eigenvalue weighted by molar-refractivity contribution is 0.309. The number of likely N-dealkylation sites (N-methyl/N-ethyl adjacent to an activating group) is 1. The van der Waals surface area contributed by atoms with Crippen LogP contribution in [-0.4, -0.2) is 23.5 Å². The first-order chi connectivity index (χ1) is 8.29. The summed E-state index contributed by atoms with van der Waals surface area (Å²) in [6, 6.07) is 8.28. The fourth-order valence-corrected chi connectivity index (χ4v) is 2.87. The Morgan fingerprint density at radius 1 is 1.35 bits per heavy atom. The Morgan fingerprint density at radius 3 is 3.00 bits per heavy atom. The van der Waals surface area contributed by atoms with Gasteiger partial charge in [-0.2, -0.15) is 0 Å². The number of pyridine rings is 1. The lowest BCUT2D eigenvalue weighted by Gasteiger charge is -2.26. The standard InChI is InChI=1S/C14H15ClN2/c1-17-7-6-14-12(9-17)11(8-15)10-4-2-3-5-13(10)16-14/h2-5H,6-9H2,1H3. The van der Waals surface area contributed by atoms with Crippen molar-refractivity contribution in [3.63, 3.8) is 0 Å². The molecule has 0 amide bonds. The second-order valence-electron chi connectivity index (χ2n) is 4.65. The molecule has 0 N–H and O–H groups in total. The van der Waals surface area contributed by atoms with Crippen molar-refractivity contribution < 1.29 is 0 Å². The number of para-hydroxylation sites is 1. The zero-order valence-electron chi connectivity index (χ0n) is 9.91. The summed E-state index contributed by atoms with van der Waals surface area (Å²) in [4.78, 5) is 7.10. The van der Waals surface area contributed by atoms with Gasteiger partial charge in [-0.3, -0.25) is 4.98 Å². The van der Waals surface area contributed by atoms with E-state index in [4.69, 9.17) is 16.6 Å². The highest BCUT2D eigenvalue weighted by molar-refractivity contribution is 6.18. The van der Waals surface area contributed by atoms with Gasteiger partial charge in [-0.25, -0.2) is 0 Å². The molecule has 0 unspecified atom stereocenters. The van der Waals surface area contributed by atoms with Gasteiger partial charge in [0, 0.05) is 36.5 Å². The number of rotatable bonds is 1. The second kappa shape index (κ2) is 4.28. The molecule has 0 bridgehead atoms. The fourth-order valence-electron chi connectivity index (χ4n) is 2.57. The minimum Gasteiger partial charge on any atom is -0.302 e. The molecule has 17 heavy (non-hydrogen) atoms. The van der Waals surface area contributed by atoms with Gasteiger partial charge in [0.1, 0.15) is 0 Å². The van der Waals surface area contributed by atoms with Crippen molar-refractivity contribution in [2.45, 2.75) is 18.8 Å². The summed E-state index contributed by atoms with van der Waals surface area (Å²) in [7, 11) is 2.15. The first-order valence-electron chi connectivity index (χ1n) is 5.93. The van der Waals surface area contributed by atoms with Crippen molar-refractivity contribution in [2.24, 2.45) is 0 Å². The van der Waals surface area contributed by atoms with Crippen LogP contribution in [0.2, 0.25) is 0 Å². The highest BCUT2D eigenvalue weighted by Crippen LogP contribution is 2.28. The molecule has 1 aliphatic heterocycles. The molecule has 1 aliphatic rings. The molecular formula is C14H15ClN2. The van der Waals surface area contributed by atoms with Crippen LogP contribution in [0.1, 0.15) is 16.8 Å². The van der Waals surface area contributed by atoms with Crippen molar-refractivity contribution in [3.8, 4) is 0 Å². The third-order valence-corrected chi connectivity index (χ3v) is 3.76. The predicted octanol–water partition coefficient (Wildman–Crippen LogP) is 2.96. The molecule has 2 heterocycles. The van der Waals surface area contributed by atoms with Gasteiger partial charge in [0.25, 0.3) is 0 Å². The van der Waals surface area contributed by atoms with E-state index in [2.05, 4.69) is 30.1 Å². The summed E-state index contributed by atoms with van der Waals surface area (Å²) < 4.78 is 0. The lowest BCUT2D eigenvalue weighted by Crippen LogP contribution is -2.28. The maximum absolute atomic E-state index is 6.14. The Morgan fingerprint density at radius 2 is 2.18 bits per heavy atom. The molecule has 2 nitrogen and oxygen atoms in total. The Labute approximate surface area is 106 Å². The van der Waals surface area contributed by atoms with Crippen molar-refractivity contribution in [2.75, 3.05) is 13.6 Å². The lowest BCUT2D eigenvalue weighted by atomic mass is 9.97. The van der Waals surface area contributed by atoms with Crippen LogP contribution in [0.5, 0.6) is 0 Å². The minimum absolute atomic E-state index is 0.569. The molecule has 0 aliphatic carbocycles. The van der Waals surface area contributed by atoms with Crippen LogP contribution < -0.4 is 0 Å². The molecule has 1 aromatic carbocycles.